The molecule has 0 amide bonds. The Morgan fingerprint density at radius 3 is 2.71 bits per heavy atom. The molecule has 0 atom stereocenters. The van der Waals surface area contributed by atoms with Crippen LogP contribution in [0.1, 0.15) is 5.56 Å². The fourth-order valence-electron chi connectivity index (χ4n) is 1.53. The van der Waals surface area contributed by atoms with Crippen LogP contribution in [0.2, 0.25) is 0 Å². The number of hydrogen-bond acceptors (Lipinski definition) is 4. The van der Waals surface area contributed by atoms with Crippen LogP contribution in [0.25, 0.3) is 0 Å². The summed E-state index contributed by atoms with van der Waals surface area (Å²) in [4.78, 5) is 5.99. The van der Waals surface area contributed by atoms with Gasteiger partial charge in [-0.05, 0) is 30.3 Å². The number of rotatable bonds is 2. The molecule has 0 saturated carbocycles. The van der Waals surface area contributed by atoms with Crippen molar-refractivity contribution < 1.29 is 0 Å². The number of aromatic nitrogens is 1. The number of hydrogen-bond donors (Lipinski definition) is 1. The minimum atomic E-state index is 0.493. The molecule has 0 saturated heterocycles. The molecule has 0 radical (unpaired) electrons. The molecular weight excluding hydrogens is 212 g/mol. The summed E-state index contributed by atoms with van der Waals surface area (Å²) >= 11 is 0. The van der Waals surface area contributed by atoms with E-state index >= 15 is 0 Å². The molecule has 0 aliphatic rings. The van der Waals surface area contributed by atoms with Crippen molar-refractivity contribution in [2.75, 3.05) is 17.7 Å². The lowest BCUT2D eigenvalue weighted by Gasteiger charge is -2.19. The van der Waals surface area contributed by atoms with Gasteiger partial charge in [-0.3, -0.25) is 0 Å². The van der Waals surface area contributed by atoms with Gasteiger partial charge < -0.3 is 10.6 Å². The Bertz CT molecular complexity index is 554. The van der Waals surface area contributed by atoms with Gasteiger partial charge in [-0.1, -0.05) is 6.07 Å². The minimum absolute atomic E-state index is 0.493. The van der Waals surface area contributed by atoms with E-state index in [4.69, 9.17) is 11.0 Å². The summed E-state index contributed by atoms with van der Waals surface area (Å²) in [6.07, 6.45) is 1.70. The van der Waals surface area contributed by atoms with E-state index < -0.39 is 0 Å². The lowest BCUT2D eigenvalue weighted by molar-refractivity contribution is 1.18. The lowest BCUT2D eigenvalue weighted by atomic mass is 10.2. The second kappa shape index (κ2) is 4.54. The fourth-order valence-corrected chi connectivity index (χ4v) is 1.53. The van der Waals surface area contributed by atoms with Gasteiger partial charge in [0, 0.05) is 12.7 Å². The molecule has 0 unspecified atom stereocenters. The fraction of sp³-hybridized carbons (Fsp3) is 0.0769. The van der Waals surface area contributed by atoms with Crippen molar-refractivity contribution in [3.8, 4) is 6.07 Å². The van der Waals surface area contributed by atoms with Gasteiger partial charge in [-0.2, -0.15) is 5.26 Å². The summed E-state index contributed by atoms with van der Waals surface area (Å²) in [7, 11) is 1.92. The van der Waals surface area contributed by atoms with Gasteiger partial charge in [0.15, 0.2) is 0 Å². The third-order valence-electron chi connectivity index (χ3n) is 2.52. The first kappa shape index (κ1) is 11.0. The maximum Gasteiger partial charge on any atom is 0.123 e. The Balaban J connectivity index is 2.33. The van der Waals surface area contributed by atoms with Crippen molar-refractivity contribution >= 4 is 17.2 Å². The Morgan fingerprint density at radius 2 is 2.06 bits per heavy atom. The molecule has 1 heterocycles. The number of nitrogen functional groups attached to an aromatic ring is 1. The van der Waals surface area contributed by atoms with Crippen molar-refractivity contribution in [3.63, 3.8) is 0 Å². The van der Waals surface area contributed by atoms with E-state index in [1.165, 1.54) is 0 Å². The van der Waals surface area contributed by atoms with Crippen LogP contribution in [-0.2, 0) is 0 Å². The highest BCUT2D eigenvalue weighted by Crippen LogP contribution is 2.23. The minimum Gasteiger partial charge on any atom is -0.384 e. The van der Waals surface area contributed by atoms with E-state index in [0.717, 1.165) is 11.4 Å². The zero-order valence-corrected chi connectivity index (χ0v) is 9.46. The molecule has 2 aromatic rings. The molecular formula is C13H12N4. The molecule has 4 heteroatoms. The van der Waals surface area contributed by atoms with Crippen LogP contribution in [0.5, 0.6) is 0 Å². The smallest absolute Gasteiger partial charge is 0.123 e. The average Bonchev–Trinajstić information content (AvgIpc) is 2.39. The van der Waals surface area contributed by atoms with E-state index in [0.29, 0.717) is 11.4 Å². The molecule has 0 spiro atoms. The maximum atomic E-state index is 8.85. The Morgan fingerprint density at radius 1 is 1.24 bits per heavy atom. The molecule has 1 aromatic carbocycles. The quantitative estimate of drug-likeness (QED) is 0.850. The maximum absolute atomic E-state index is 8.85. The Hall–Kier alpha value is -2.54. The molecule has 0 aliphatic carbocycles. The first-order chi connectivity index (χ1) is 8.20. The normalized spacial score (nSPS) is 9.65. The second-order valence-electron chi connectivity index (χ2n) is 3.66. The van der Waals surface area contributed by atoms with Gasteiger partial charge in [0.2, 0.25) is 0 Å². The van der Waals surface area contributed by atoms with Gasteiger partial charge in [0.1, 0.15) is 5.82 Å². The Kier molecular flexibility index (Phi) is 2.93. The average molecular weight is 224 g/mol. The standard InChI is InChI=1S/C13H12N4/c1-17(12-5-6-13(15)16-9-12)11-4-2-3-10(7-11)8-14/h2-7,9H,1H3,(H2,15,16). The topological polar surface area (TPSA) is 65.9 Å². The summed E-state index contributed by atoms with van der Waals surface area (Å²) in [5, 5.41) is 8.85. The zero-order valence-electron chi connectivity index (χ0n) is 9.46. The Labute approximate surface area is 99.9 Å². The highest BCUT2D eigenvalue weighted by molar-refractivity contribution is 5.63. The summed E-state index contributed by atoms with van der Waals surface area (Å²) < 4.78 is 0. The van der Waals surface area contributed by atoms with Gasteiger partial charge >= 0.3 is 0 Å². The van der Waals surface area contributed by atoms with Crippen molar-refractivity contribution in [2.45, 2.75) is 0 Å². The molecule has 17 heavy (non-hydrogen) atoms. The number of nitrogens with two attached hydrogens (primary N) is 1. The number of pyridine rings is 1. The van der Waals surface area contributed by atoms with E-state index in [1.54, 1.807) is 18.3 Å². The van der Waals surface area contributed by atoms with Crippen LogP contribution in [0.4, 0.5) is 17.2 Å². The van der Waals surface area contributed by atoms with Crippen LogP contribution in [-0.4, -0.2) is 12.0 Å². The van der Waals surface area contributed by atoms with Gasteiger partial charge in [0.05, 0.1) is 23.5 Å². The van der Waals surface area contributed by atoms with E-state index in [1.807, 2.05) is 36.2 Å². The molecule has 2 rings (SSSR count). The van der Waals surface area contributed by atoms with Crippen LogP contribution in [0, 0.1) is 11.3 Å². The summed E-state index contributed by atoms with van der Waals surface area (Å²) in [5.74, 6) is 0.493. The molecule has 4 nitrogen and oxygen atoms in total. The van der Waals surface area contributed by atoms with Crippen LogP contribution in [0.15, 0.2) is 42.6 Å². The highest BCUT2D eigenvalue weighted by atomic mass is 15.1. The van der Waals surface area contributed by atoms with Crippen molar-refractivity contribution in [1.29, 1.82) is 5.26 Å². The van der Waals surface area contributed by atoms with Crippen LogP contribution >= 0.6 is 0 Å². The summed E-state index contributed by atoms with van der Waals surface area (Å²) in [6, 6.07) is 13.2. The predicted octanol–water partition coefficient (Wildman–Crippen LogP) is 2.30. The molecule has 0 bridgehead atoms. The highest BCUT2D eigenvalue weighted by Gasteiger charge is 2.04. The molecule has 0 fully saturated rings. The first-order valence-electron chi connectivity index (χ1n) is 5.16. The lowest BCUT2D eigenvalue weighted by Crippen LogP contribution is -2.10. The summed E-state index contributed by atoms with van der Waals surface area (Å²) in [6.45, 7) is 0. The van der Waals surface area contributed by atoms with Gasteiger partial charge in [-0.25, -0.2) is 4.98 Å². The third-order valence-corrected chi connectivity index (χ3v) is 2.52. The third kappa shape index (κ3) is 2.34. The molecule has 2 N–H and O–H groups in total. The van der Waals surface area contributed by atoms with Crippen molar-refractivity contribution in [3.05, 3.63) is 48.2 Å². The van der Waals surface area contributed by atoms with Gasteiger partial charge in [-0.15, -0.1) is 0 Å². The number of nitriles is 1. The number of benzene rings is 1. The van der Waals surface area contributed by atoms with E-state index in [-0.39, 0.29) is 0 Å². The predicted molar refractivity (Wildman–Crippen MR) is 67.9 cm³/mol. The largest absolute Gasteiger partial charge is 0.384 e. The first-order valence-corrected chi connectivity index (χ1v) is 5.16. The molecule has 84 valence electrons. The van der Waals surface area contributed by atoms with Crippen molar-refractivity contribution in [2.24, 2.45) is 0 Å². The van der Waals surface area contributed by atoms with Crippen LogP contribution in [0.3, 0.4) is 0 Å². The SMILES string of the molecule is CN(c1ccc(N)nc1)c1cccc(C#N)c1. The van der Waals surface area contributed by atoms with E-state index in [2.05, 4.69) is 11.1 Å². The number of nitrogens with zero attached hydrogens (tertiary/aromatic N) is 3. The summed E-state index contributed by atoms with van der Waals surface area (Å²) in [5.41, 5.74) is 8.04. The monoisotopic (exact) mass is 224 g/mol. The second-order valence-corrected chi connectivity index (χ2v) is 3.66. The molecule has 0 aliphatic heterocycles. The van der Waals surface area contributed by atoms with Crippen LogP contribution < -0.4 is 10.6 Å². The van der Waals surface area contributed by atoms with Gasteiger partial charge in [0.25, 0.3) is 0 Å². The molecule has 1 aromatic heterocycles. The van der Waals surface area contributed by atoms with Crippen molar-refractivity contribution in [1.82, 2.24) is 4.98 Å². The zero-order chi connectivity index (χ0) is 12.3. The van der Waals surface area contributed by atoms with E-state index in [9.17, 15) is 0 Å². The number of anilines is 3.